The summed E-state index contributed by atoms with van der Waals surface area (Å²) in [5.74, 6) is -0.902. The second kappa shape index (κ2) is 14.0. The fourth-order valence-electron chi connectivity index (χ4n) is 3.98. The Balaban J connectivity index is 2.05. The average Bonchev–Trinajstić information content (AvgIpc) is 2.90. The minimum absolute atomic E-state index is 0.00495. The maximum Gasteiger partial charge on any atom is 0.244 e. The highest BCUT2D eigenvalue weighted by Crippen LogP contribution is 2.25. The Labute approximate surface area is 244 Å². The van der Waals surface area contributed by atoms with Gasteiger partial charge in [-0.15, -0.1) is 0 Å². The van der Waals surface area contributed by atoms with E-state index in [2.05, 4.69) is 5.32 Å². The number of carbonyl (C=O) groups is 2. The normalized spacial score (nSPS) is 12.0. The SMILES string of the molecule is CCCNC(=O)[C@@H](Cc1ccccc1)N(Cc1ccc(Cl)c(Cl)c1)C(=O)CN(c1ccc(Cl)cc1)S(C)(=O)=O. The summed E-state index contributed by atoms with van der Waals surface area (Å²) < 4.78 is 26.5. The van der Waals surface area contributed by atoms with Gasteiger partial charge < -0.3 is 10.2 Å². The molecule has 0 saturated heterocycles. The lowest BCUT2D eigenvalue weighted by molar-refractivity contribution is -0.140. The van der Waals surface area contributed by atoms with E-state index in [4.69, 9.17) is 34.8 Å². The number of nitrogens with zero attached hydrogens (tertiary/aromatic N) is 2. The first-order valence-electron chi connectivity index (χ1n) is 12.3. The number of rotatable bonds is 12. The summed E-state index contributed by atoms with van der Waals surface area (Å²) >= 11 is 18.3. The van der Waals surface area contributed by atoms with Crippen LogP contribution in [0.1, 0.15) is 24.5 Å². The van der Waals surface area contributed by atoms with Crippen molar-refractivity contribution in [3.63, 3.8) is 0 Å². The van der Waals surface area contributed by atoms with E-state index in [1.54, 1.807) is 30.3 Å². The Bertz CT molecular complexity index is 1390. The maximum atomic E-state index is 14.0. The van der Waals surface area contributed by atoms with Gasteiger partial charge in [0.2, 0.25) is 21.8 Å². The number of halogens is 3. The molecule has 11 heteroatoms. The predicted molar refractivity (Wildman–Crippen MR) is 158 cm³/mol. The molecule has 0 saturated carbocycles. The molecule has 7 nitrogen and oxygen atoms in total. The van der Waals surface area contributed by atoms with E-state index in [1.807, 2.05) is 37.3 Å². The lowest BCUT2D eigenvalue weighted by Gasteiger charge is -2.33. The van der Waals surface area contributed by atoms with E-state index in [-0.39, 0.29) is 24.6 Å². The lowest BCUT2D eigenvalue weighted by Crippen LogP contribution is -2.53. The number of sulfonamides is 1. The van der Waals surface area contributed by atoms with Crippen LogP contribution in [0.5, 0.6) is 0 Å². The molecular formula is C28H30Cl3N3O4S. The number of hydrogen-bond donors (Lipinski definition) is 1. The third-order valence-electron chi connectivity index (χ3n) is 5.95. The molecule has 0 unspecified atom stereocenters. The average molecular weight is 611 g/mol. The molecular weight excluding hydrogens is 581 g/mol. The highest BCUT2D eigenvalue weighted by Gasteiger charge is 2.33. The van der Waals surface area contributed by atoms with Crippen LogP contribution in [0.2, 0.25) is 15.1 Å². The highest BCUT2D eigenvalue weighted by molar-refractivity contribution is 7.92. The molecule has 1 atom stereocenters. The first kappa shape index (κ1) is 30.8. The highest BCUT2D eigenvalue weighted by atomic mass is 35.5. The molecule has 0 aliphatic rings. The second-order valence-corrected chi connectivity index (χ2v) is 12.2. The fourth-order valence-corrected chi connectivity index (χ4v) is 5.27. The van der Waals surface area contributed by atoms with E-state index in [9.17, 15) is 18.0 Å². The maximum absolute atomic E-state index is 14.0. The van der Waals surface area contributed by atoms with Crippen molar-refractivity contribution in [2.24, 2.45) is 0 Å². The van der Waals surface area contributed by atoms with Crippen LogP contribution >= 0.6 is 34.8 Å². The number of carbonyl (C=O) groups excluding carboxylic acids is 2. The van der Waals surface area contributed by atoms with Crippen molar-refractivity contribution < 1.29 is 18.0 Å². The summed E-state index contributed by atoms with van der Waals surface area (Å²) in [5, 5.41) is 3.97. The first-order valence-corrected chi connectivity index (χ1v) is 15.3. The van der Waals surface area contributed by atoms with Crippen LogP contribution in [0, 0.1) is 0 Å². The Kier molecular flexibility index (Phi) is 11.1. The standard InChI is InChI=1S/C28H30Cl3N3O4S/c1-3-15-32-28(36)26(17-20-7-5-4-6-8-20)33(18-21-9-14-24(30)25(31)16-21)27(35)19-34(39(2,37)38)23-12-10-22(29)11-13-23/h4-14,16,26H,3,15,17-19H2,1-2H3,(H,32,36)/t26-/m1/s1. The zero-order valence-electron chi connectivity index (χ0n) is 21.6. The van der Waals surface area contributed by atoms with E-state index >= 15 is 0 Å². The molecule has 3 aromatic rings. The minimum atomic E-state index is -3.86. The van der Waals surface area contributed by atoms with Crippen molar-refractivity contribution in [1.29, 1.82) is 0 Å². The number of hydrogen-bond acceptors (Lipinski definition) is 4. The van der Waals surface area contributed by atoms with Gasteiger partial charge in [-0.1, -0.05) is 78.1 Å². The van der Waals surface area contributed by atoms with Crippen molar-refractivity contribution in [1.82, 2.24) is 10.2 Å². The Hall–Kier alpha value is -2.78. The third kappa shape index (κ3) is 8.86. The molecule has 1 N–H and O–H groups in total. The van der Waals surface area contributed by atoms with Crippen LogP contribution in [-0.4, -0.2) is 50.5 Å². The van der Waals surface area contributed by atoms with Gasteiger partial charge in [-0.3, -0.25) is 13.9 Å². The number of anilines is 1. The van der Waals surface area contributed by atoms with Crippen molar-refractivity contribution in [3.8, 4) is 0 Å². The van der Waals surface area contributed by atoms with Gasteiger partial charge in [0.05, 0.1) is 22.0 Å². The van der Waals surface area contributed by atoms with Crippen LogP contribution in [0.25, 0.3) is 0 Å². The van der Waals surface area contributed by atoms with Gasteiger partial charge >= 0.3 is 0 Å². The number of benzene rings is 3. The van der Waals surface area contributed by atoms with Crippen LogP contribution in [-0.2, 0) is 32.6 Å². The summed E-state index contributed by atoms with van der Waals surface area (Å²) in [4.78, 5) is 28.8. The second-order valence-electron chi connectivity index (χ2n) is 9.01. The van der Waals surface area contributed by atoms with E-state index in [0.717, 1.165) is 16.1 Å². The van der Waals surface area contributed by atoms with Crippen LogP contribution in [0.3, 0.4) is 0 Å². The van der Waals surface area contributed by atoms with E-state index in [0.29, 0.717) is 33.6 Å². The zero-order valence-corrected chi connectivity index (χ0v) is 24.7. The quantitative estimate of drug-likeness (QED) is 0.290. The van der Waals surface area contributed by atoms with Crippen LogP contribution < -0.4 is 9.62 Å². The first-order chi connectivity index (χ1) is 18.5. The Morgan fingerprint density at radius 1 is 0.897 bits per heavy atom. The monoisotopic (exact) mass is 609 g/mol. The Morgan fingerprint density at radius 2 is 1.56 bits per heavy atom. The van der Waals surface area contributed by atoms with Gasteiger partial charge in [-0.05, 0) is 53.9 Å². The largest absolute Gasteiger partial charge is 0.354 e. The molecule has 39 heavy (non-hydrogen) atoms. The molecule has 2 amide bonds. The van der Waals surface area contributed by atoms with Crippen molar-refractivity contribution >= 4 is 62.3 Å². The molecule has 0 aromatic heterocycles. The summed E-state index contributed by atoms with van der Waals surface area (Å²) in [7, 11) is -3.86. The van der Waals surface area contributed by atoms with E-state index in [1.165, 1.54) is 17.0 Å². The minimum Gasteiger partial charge on any atom is -0.354 e. The van der Waals surface area contributed by atoms with Crippen LogP contribution in [0.4, 0.5) is 5.69 Å². The predicted octanol–water partition coefficient (Wildman–Crippen LogP) is 5.58. The van der Waals surface area contributed by atoms with Gasteiger partial charge in [-0.25, -0.2) is 8.42 Å². The molecule has 0 fully saturated rings. The van der Waals surface area contributed by atoms with Crippen molar-refractivity contribution in [3.05, 3.63) is 99.0 Å². The molecule has 0 aliphatic carbocycles. The Morgan fingerprint density at radius 3 is 2.15 bits per heavy atom. The molecule has 0 bridgehead atoms. The van der Waals surface area contributed by atoms with Gasteiger partial charge in [0.15, 0.2) is 0 Å². The van der Waals surface area contributed by atoms with Gasteiger partial charge in [0.1, 0.15) is 12.6 Å². The van der Waals surface area contributed by atoms with Gasteiger partial charge in [0, 0.05) is 24.5 Å². The molecule has 0 spiro atoms. The molecule has 3 aromatic carbocycles. The number of amides is 2. The van der Waals surface area contributed by atoms with Gasteiger partial charge in [0.25, 0.3) is 0 Å². The topological polar surface area (TPSA) is 86.8 Å². The fraction of sp³-hybridized carbons (Fsp3) is 0.286. The number of nitrogens with one attached hydrogen (secondary N) is 1. The summed E-state index contributed by atoms with van der Waals surface area (Å²) in [6.45, 7) is 1.85. The third-order valence-corrected chi connectivity index (χ3v) is 8.08. The molecule has 0 aliphatic heterocycles. The summed E-state index contributed by atoms with van der Waals surface area (Å²) in [6, 6.07) is 19.5. The van der Waals surface area contributed by atoms with Crippen molar-refractivity contribution in [2.75, 3.05) is 23.7 Å². The summed E-state index contributed by atoms with van der Waals surface area (Å²) in [5.41, 5.74) is 1.76. The zero-order chi connectivity index (χ0) is 28.6. The lowest BCUT2D eigenvalue weighted by atomic mass is 10.0. The smallest absolute Gasteiger partial charge is 0.244 e. The molecule has 0 heterocycles. The molecule has 3 rings (SSSR count). The van der Waals surface area contributed by atoms with Crippen molar-refractivity contribution in [2.45, 2.75) is 32.4 Å². The summed E-state index contributed by atoms with van der Waals surface area (Å²) in [6.07, 6.45) is 1.96. The molecule has 0 radical (unpaired) electrons. The van der Waals surface area contributed by atoms with E-state index < -0.39 is 28.5 Å². The van der Waals surface area contributed by atoms with Crippen LogP contribution in [0.15, 0.2) is 72.8 Å². The molecule has 208 valence electrons. The van der Waals surface area contributed by atoms with Gasteiger partial charge in [-0.2, -0.15) is 0 Å².